The Bertz CT molecular complexity index is 1040. The lowest BCUT2D eigenvalue weighted by molar-refractivity contribution is 0.0692. The number of hydrogen-bond donors (Lipinski definition) is 4. The fourth-order valence-corrected chi connectivity index (χ4v) is 5.02. The van der Waals surface area contributed by atoms with Crippen molar-refractivity contribution in [2.24, 2.45) is 0 Å². The number of phenolic OH excluding ortho intramolecular Hbond substituents is 2. The van der Waals surface area contributed by atoms with E-state index in [0.29, 0.717) is 12.0 Å². The molecular weight excluding hydrogens is 496 g/mol. The average Bonchev–Trinajstić information content (AvgIpc) is 2.85. The number of aromatic carboxylic acids is 1. The standard InChI is InChI=1S/C32H46O7/c1-3-4-5-6-7-8-9-10-11-12-13-14-15-16-17-18-24-20-25(33)21-27(34)30(24)32(38)39-26-19-23(2)29(31(36)37)28(35)22-26/h19-22,33-35H,3-18H2,1-2H3,(H,36,37). The molecule has 7 nitrogen and oxygen atoms in total. The summed E-state index contributed by atoms with van der Waals surface area (Å²) in [4.78, 5) is 24.2. The topological polar surface area (TPSA) is 124 Å². The Balaban J connectivity index is 1.76. The van der Waals surface area contributed by atoms with Crippen LogP contribution in [0.15, 0.2) is 24.3 Å². The van der Waals surface area contributed by atoms with E-state index in [4.69, 9.17) is 4.74 Å². The molecule has 39 heavy (non-hydrogen) atoms. The van der Waals surface area contributed by atoms with Crippen molar-refractivity contribution in [2.75, 3.05) is 0 Å². The Morgan fingerprint density at radius 3 is 1.64 bits per heavy atom. The fourth-order valence-electron chi connectivity index (χ4n) is 5.02. The van der Waals surface area contributed by atoms with Gasteiger partial charge in [0.25, 0.3) is 0 Å². The van der Waals surface area contributed by atoms with E-state index >= 15 is 0 Å². The summed E-state index contributed by atoms with van der Waals surface area (Å²) in [6, 6.07) is 4.94. The minimum absolute atomic E-state index is 0.0367. The number of benzene rings is 2. The monoisotopic (exact) mass is 542 g/mol. The van der Waals surface area contributed by atoms with Gasteiger partial charge in [0.1, 0.15) is 34.1 Å². The number of carbonyl (C=O) groups excluding carboxylic acids is 1. The van der Waals surface area contributed by atoms with E-state index in [2.05, 4.69) is 6.92 Å². The van der Waals surface area contributed by atoms with Crippen LogP contribution in [0, 0.1) is 6.92 Å². The third-order valence-electron chi connectivity index (χ3n) is 7.15. The molecule has 0 aliphatic heterocycles. The zero-order valence-corrected chi connectivity index (χ0v) is 23.6. The highest BCUT2D eigenvalue weighted by atomic mass is 16.5. The lowest BCUT2D eigenvalue weighted by Gasteiger charge is -2.13. The van der Waals surface area contributed by atoms with Crippen molar-refractivity contribution in [2.45, 2.75) is 117 Å². The van der Waals surface area contributed by atoms with E-state index in [-0.39, 0.29) is 33.9 Å². The van der Waals surface area contributed by atoms with Crippen LogP contribution in [0.2, 0.25) is 0 Å². The van der Waals surface area contributed by atoms with Crippen molar-refractivity contribution in [3.05, 3.63) is 46.5 Å². The number of hydrogen-bond acceptors (Lipinski definition) is 6. The number of unbranched alkanes of at least 4 members (excludes halogenated alkanes) is 14. The predicted molar refractivity (Wildman–Crippen MR) is 153 cm³/mol. The summed E-state index contributed by atoms with van der Waals surface area (Å²) in [5.74, 6) is -3.21. The zero-order valence-electron chi connectivity index (χ0n) is 23.6. The lowest BCUT2D eigenvalue weighted by Crippen LogP contribution is -2.12. The molecule has 2 rings (SSSR count). The van der Waals surface area contributed by atoms with Crippen molar-refractivity contribution < 1.29 is 34.8 Å². The van der Waals surface area contributed by atoms with E-state index in [0.717, 1.165) is 31.4 Å². The number of phenols is 3. The number of aromatic hydroxyl groups is 3. The smallest absolute Gasteiger partial charge is 0.347 e. The molecule has 0 spiro atoms. The third kappa shape index (κ3) is 11.2. The van der Waals surface area contributed by atoms with Crippen molar-refractivity contribution in [1.29, 1.82) is 0 Å². The fraction of sp³-hybridized carbons (Fsp3) is 0.562. The van der Waals surface area contributed by atoms with Gasteiger partial charge in [0, 0.05) is 12.1 Å². The van der Waals surface area contributed by atoms with Crippen LogP contribution < -0.4 is 4.74 Å². The molecule has 0 unspecified atom stereocenters. The molecule has 0 radical (unpaired) electrons. The largest absolute Gasteiger partial charge is 0.508 e. The Morgan fingerprint density at radius 1 is 0.667 bits per heavy atom. The van der Waals surface area contributed by atoms with Gasteiger partial charge in [-0.15, -0.1) is 0 Å². The summed E-state index contributed by atoms with van der Waals surface area (Å²) in [5, 5.41) is 39.6. The molecule has 4 N–H and O–H groups in total. The summed E-state index contributed by atoms with van der Waals surface area (Å²) in [6.45, 7) is 3.74. The molecule has 0 heterocycles. The predicted octanol–water partition coefficient (Wildman–Crippen LogP) is 8.44. The summed E-state index contributed by atoms with van der Waals surface area (Å²) in [5.41, 5.74) is 0.405. The number of esters is 1. The van der Waals surface area contributed by atoms with Gasteiger partial charge in [-0.05, 0) is 43.0 Å². The Hall–Kier alpha value is -3.22. The second kappa shape index (κ2) is 17.4. The Kier molecular flexibility index (Phi) is 14.3. The number of carbonyl (C=O) groups is 2. The normalized spacial score (nSPS) is 11.0. The number of ether oxygens (including phenoxy) is 1. The van der Waals surface area contributed by atoms with Crippen molar-refractivity contribution >= 4 is 11.9 Å². The van der Waals surface area contributed by atoms with Crippen molar-refractivity contribution in [3.63, 3.8) is 0 Å². The van der Waals surface area contributed by atoms with Crippen LogP contribution in [0.1, 0.15) is 135 Å². The van der Waals surface area contributed by atoms with E-state index < -0.39 is 17.7 Å². The molecular formula is C32H46O7. The first-order chi connectivity index (χ1) is 18.7. The van der Waals surface area contributed by atoms with Gasteiger partial charge in [0.15, 0.2) is 0 Å². The number of aryl methyl sites for hydroxylation is 2. The lowest BCUT2D eigenvalue weighted by atomic mass is 9.98. The Labute approximate surface area is 232 Å². The van der Waals surface area contributed by atoms with Crippen molar-refractivity contribution in [3.8, 4) is 23.0 Å². The highest BCUT2D eigenvalue weighted by Crippen LogP contribution is 2.32. The highest BCUT2D eigenvalue weighted by Gasteiger charge is 2.22. The molecule has 0 aliphatic carbocycles. The maximum atomic E-state index is 12.9. The molecule has 7 heteroatoms. The summed E-state index contributed by atoms with van der Waals surface area (Å²) >= 11 is 0. The number of carboxylic acid groups (broad SMARTS) is 1. The third-order valence-corrected chi connectivity index (χ3v) is 7.15. The van der Waals surface area contributed by atoms with E-state index in [1.165, 1.54) is 96.1 Å². The van der Waals surface area contributed by atoms with Crippen molar-refractivity contribution in [1.82, 2.24) is 0 Å². The van der Waals surface area contributed by atoms with Gasteiger partial charge >= 0.3 is 11.9 Å². The molecule has 2 aromatic rings. The molecule has 0 fully saturated rings. The molecule has 0 saturated heterocycles. The maximum absolute atomic E-state index is 12.9. The molecule has 2 aromatic carbocycles. The van der Waals surface area contributed by atoms with Gasteiger partial charge in [-0.1, -0.05) is 96.8 Å². The van der Waals surface area contributed by atoms with E-state index in [1.807, 2.05) is 0 Å². The molecule has 0 atom stereocenters. The molecule has 0 amide bonds. The molecule has 0 saturated carbocycles. The first-order valence-corrected chi connectivity index (χ1v) is 14.6. The Morgan fingerprint density at radius 2 is 1.15 bits per heavy atom. The summed E-state index contributed by atoms with van der Waals surface area (Å²) < 4.78 is 5.35. The van der Waals surface area contributed by atoms with Crippen LogP contribution in [0.4, 0.5) is 0 Å². The first-order valence-electron chi connectivity index (χ1n) is 14.6. The minimum Gasteiger partial charge on any atom is -0.508 e. The summed E-state index contributed by atoms with van der Waals surface area (Å²) in [7, 11) is 0. The van der Waals surface area contributed by atoms with E-state index in [9.17, 15) is 30.0 Å². The zero-order chi connectivity index (χ0) is 28.6. The highest BCUT2D eigenvalue weighted by molar-refractivity contribution is 5.96. The number of carboxylic acids is 1. The molecule has 0 aliphatic rings. The first kappa shape index (κ1) is 32.0. The van der Waals surface area contributed by atoms with Gasteiger partial charge in [-0.2, -0.15) is 0 Å². The van der Waals surface area contributed by atoms with Gasteiger partial charge in [-0.3, -0.25) is 0 Å². The van der Waals surface area contributed by atoms with Crippen LogP contribution in [-0.2, 0) is 6.42 Å². The molecule has 0 aromatic heterocycles. The van der Waals surface area contributed by atoms with Gasteiger partial charge in [0.05, 0.1) is 0 Å². The summed E-state index contributed by atoms with van der Waals surface area (Å²) in [6.07, 6.45) is 19.2. The molecule has 0 bridgehead atoms. The molecule has 216 valence electrons. The second-order valence-electron chi connectivity index (χ2n) is 10.5. The maximum Gasteiger partial charge on any atom is 0.347 e. The minimum atomic E-state index is -1.29. The van der Waals surface area contributed by atoms with Crippen LogP contribution in [0.5, 0.6) is 23.0 Å². The van der Waals surface area contributed by atoms with Crippen LogP contribution in [0.3, 0.4) is 0 Å². The average molecular weight is 543 g/mol. The number of rotatable bonds is 19. The van der Waals surface area contributed by atoms with Crippen LogP contribution >= 0.6 is 0 Å². The second-order valence-corrected chi connectivity index (χ2v) is 10.5. The van der Waals surface area contributed by atoms with Crippen LogP contribution in [0.25, 0.3) is 0 Å². The SMILES string of the molecule is CCCCCCCCCCCCCCCCCc1cc(O)cc(O)c1C(=O)Oc1cc(C)c(C(=O)O)c(O)c1. The van der Waals surface area contributed by atoms with Crippen LogP contribution in [-0.4, -0.2) is 32.4 Å². The van der Waals surface area contributed by atoms with E-state index in [1.54, 1.807) is 0 Å². The van der Waals surface area contributed by atoms with Gasteiger partial charge in [0.2, 0.25) is 0 Å². The quantitative estimate of drug-likeness (QED) is 0.0797. The van der Waals surface area contributed by atoms with Gasteiger partial charge < -0.3 is 25.2 Å². The van der Waals surface area contributed by atoms with Gasteiger partial charge in [-0.25, -0.2) is 9.59 Å².